The van der Waals surface area contributed by atoms with Gasteiger partial charge in [0.1, 0.15) is 5.60 Å². The molecule has 0 atom stereocenters. The van der Waals surface area contributed by atoms with Crippen LogP contribution in [0.3, 0.4) is 0 Å². The number of carbonyl (C=O) groups is 4. The molecule has 16 heteroatoms. The van der Waals surface area contributed by atoms with Crippen molar-refractivity contribution in [3.05, 3.63) is 0 Å². The normalized spacial score (nSPS) is 16.2. The van der Waals surface area contributed by atoms with Crippen LogP contribution in [0, 0.1) is 0 Å². The molecule has 1 fully saturated rings. The van der Waals surface area contributed by atoms with Crippen molar-refractivity contribution in [3.8, 4) is 0 Å². The Morgan fingerprint density at radius 1 is 0.659 bits per heavy atom. The van der Waals surface area contributed by atoms with Crippen LogP contribution in [0.1, 0.15) is 47.0 Å². The largest absolute Gasteiger partial charge is 1.00 e. The van der Waals surface area contributed by atoms with Crippen molar-refractivity contribution in [2.24, 2.45) is 0 Å². The summed E-state index contributed by atoms with van der Waals surface area (Å²) in [5.74, 6) is -2.98. The Balaban J connectivity index is -0.00000171. The molecule has 0 aromatic carbocycles. The number of carboxylic acids is 2. The van der Waals surface area contributed by atoms with Crippen molar-refractivity contribution in [3.63, 3.8) is 0 Å². The minimum atomic E-state index is -1.22. The molecular formula is C25H44BrN4Na3O8. The third-order valence-electron chi connectivity index (χ3n) is 5.82. The van der Waals surface area contributed by atoms with Crippen LogP contribution in [0.25, 0.3) is 0 Å². The summed E-state index contributed by atoms with van der Waals surface area (Å²) in [4.78, 5) is 54.3. The fraction of sp³-hybridized carbons (Fsp3) is 0.840. The molecule has 0 spiro atoms. The molecule has 0 N–H and O–H groups in total. The first-order valence-electron chi connectivity index (χ1n) is 13.0. The molecule has 0 aromatic heterocycles. The van der Waals surface area contributed by atoms with Crippen LogP contribution >= 0.6 is 0 Å². The smallest absolute Gasteiger partial charge is 1.00 e. The molecule has 41 heavy (non-hydrogen) atoms. The fourth-order valence-corrected chi connectivity index (χ4v) is 4.04. The van der Waals surface area contributed by atoms with Gasteiger partial charge < -0.3 is 51.2 Å². The van der Waals surface area contributed by atoms with E-state index in [1.165, 1.54) is 0 Å². The topological polar surface area (TPSA) is 146 Å². The summed E-state index contributed by atoms with van der Waals surface area (Å²) < 4.78 is 10.5. The molecule has 12 nitrogen and oxygen atoms in total. The Hall–Kier alpha value is 1.20. The molecule has 0 aromatic rings. The molecule has 0 unspecified atom stereocenters. The first-order chi connectivity index (χ1) is 17.4. The second-order valence-corrected chi connectivity index (χ2v) is 10.3. The number of carboxylic acid groups (broad SMARTS) is 2. The monoisotopic (exact) mass is 676 g/mol. The molecule has 1 aliphatic heterocycles. The number of aliphatic carboxylic acids is 2. The van der Waals surface area contributed by atoms with Gasteiger partial charge in [-0.2, -0.15) is 0 Å². The van der Waals surface area contributed by atoms with E-state index in [1.54, 1.807) is 37.5 Å². The third-order valence-corrected chi connectivity index (χ3v) is 5.82. The van der Waals surface area contributed by atoms with Crippen LogP contribution in [-0.2, 0) is 28.7 Å². The van der Waals surface area contributed by atoms with E-state index >= 15 is 0 Å². The Bertz CT molecular complexity index is 750. The molecule has 0 bridgehead atoms. The summed E-state index contributed by atoms with van der Waals surface area (Å²) in [6, 6.07) is 0. The number of hydrogen-bond acceptors (Lipinski definition) is 12. The van der Waals surface area contributed by atoms with Gasteiger partial charge >= 0.3 is 101 Å². The Morgan fingerprint density at radius 3 is 1.41 bits per heavy atom. The molecule has 1 aliphatic rings. The first-order valence-corrected chi connectivity index (χ1v) is 13.0. The number of carbonyl (C=O) groups excluding carboxylic acids is 4. The summed E-state index contributed by atoms with van der Waals surface area (Å²) in [6.45, 7) is 11.5. The van der Waals surface area contributed by atoms with Crippen LogP contribution in [0.15, 0.2) is 0 Å². The number of ether oxygens (including phenoxy) is 2. The van der Waals surface area contributed by atoms with Gasteiger partial charge in [-0.3, -0.25) is 24.3 Å². The maximum absolute atomic E-state index is 12.5. The molecule has 0 radical (unpaired) electrons. The zero-order valence-corrected chi connectivity index (χ0v) is 33.8. The van der Waals surface area contributed by atoms with Gasteiger partial charge in [0.2, 0.25) is 0 Å². The van der Waals surface area contributed by atoms with E-state index in [-0.39, 0.29) is 137 Å². The number of rotatable bonds is 12. The van der Waals surface area contributed by atoms with E-state index in [4.69, 9.17) is 9.47 Å². The predicted octanol–water partition coefficient (Wildman–Crippen LogP) is -14.2. The molecule has 1 heterocycles. The van der Waals surface area contributed by atoms with E-state index in [0.29, 0.717) is 78.4 Å². The standard InChI is InChI=1S/C25H46N4O8.BrH.3Na/c1-5-36-23(34)8-6-7-9-26-10-12-27(18-21(30)31)14-15-28(19-22(32)33)16-17-29(13-11-26)20-24(35)37-25(2,3)4;;;;/h5-20H2,1-4H3,(H,30,31)(H,32,33);1H;;;/q;;3*+1/p-3. The molecule has 1 saturated heterocycles. The molecule has 1 rings (SSSR count). The molecule has 222 valence electrons. The number of hydrogen-bond donors (Lipinski definition) is 0. The molecular weight excluding hydrogens is 633 g/mol. The SMILES string of the molecule is CCOC(=O)CCCCN1CCN(CC(=O)[O-])CCN(CC(=O)[O-])CCN(CC(=O)OC(C)(C)C)CC1.[Br-].[Na+].[Na+].[Na+]. The summed E-state index contributed by atoms with van der Waals surface area (Å²) in [6.07, 6.45) is 1.79. The maximum Gasteiger partial charge on any atom is 1.00 e. The third kappa shape index (κ3) is 27.3. The zero-order chi connectivity index (χ0) is 27.8. The van der Waals surface area contributed by atoms with Crippen molar-refractivity contribution in [2.75, 3.05) is 85.1 Å². The second-order valence-electron chi connectivity index (χ2n) is 10.3. The molecule has 0 aliphatic carbocycles. The second kappa shape index (κ2) is 27.5. The first kappa shape index (κ1) is 49.1. The van der Waals surface area contributed by atoms with Crippen LogP contribution in [0.2, 0.25) is 0 Å². The molecule has 0 saturated carbocycles. The van der Waals surface area contributed by atoms with Crippen molar-refractivity contribution >= 4 is 23.9 Å². The number of esters is 2. The number of unbranched alkanes of at least 4 members (excludes halogenated alkanes) is 1. The Morgan fingerprint density at radius 2 is 1.05 bits per heavy atom. The summed E-state index contributed by atoms with van der Waals surface area (Å²) in [7, 11) is 0. The number of nitrogens with zero attached hydrogens (tertiary/aromatic N) is 4. The van der Waals surface area contributed by atoms with E-state index in [0.717, 1.165) is 6.42 Å². The van der Waals surface area contributed by atoms with Gasteiger partial charge in [-0.15, -0.1) is 0 Å². The van der Waals surface area contributed by atoms with Gasteiger partial charge in [0.25, 0.3) is 0 Å². The van der Waals surface area contributed by atoms with Gasteiger partial charge in [-0.25, -0.2) is 0 Å². The summed E-state index contributed by atoms with van der Waals surface area (Å²) >= 11 is 0. The van der Waals surface area contributed by atoms with Crippen LogP contribution in [0.5, 0.6) is 0 Å². The van der Waals surface area contributed by atoms with Crippen molar-refractivity contribution in [1.29, 1.82) is 0 Å². The zero-order valence-electron chi connectivity index (χ0n) is 26.2. The summed E-state index contributed by atoms with van der Waals surface area (Å²) in [5, 5.41) is 22.5. The minimum Gasteiger partial charge on any atom is -1.00 e. The van der Waals surface area contributed by atoms with Crippen molar-refractivity contribution < 1.29 is 145 Å². The Labute approximate surface area is 322 Å². The van der Waals surface area contributed by atoms with Gasteiger partial charge in [0, 0.05) is 71.9 Å². The average Bonchev–Trinajstić information content (AvgIpc) is 2.76. The van der Waals surface area contributed by atoms with Gasteiger partial charge in [-0.1, -0.05) is 0 Å². The maximum atomic E-state index is 12.5. The van der Waals surface area contributed by atoms with Gasteiger partial charge in [0.05, 0.1) is 25.1 Å². The minimum absolute atomic E-state index is 0. The van der Waals surface area contributed by atoms with Gasteiger partial charge in [0.15, 0.2) is 0 Å². The fourth-order valence-electron chi connectivity index (χ4n) is 4.04. The summed E-state index contributed by atoms with van der Waals surface area (Å²) in [5.41, 5.74) is -0.613. The average molecular weight is 678 g/mol. The van der Waals surface area contributed by atoms with E-state index in [1.807, 2.05) is 4.90 Å². The van der Waals surface area contributed by atoms with E-state index < -0.39 is 17.5 Å². The van der Waals surface area contributed by atoms with Crippen molar-refractivity contribution in [2.45, 2.75) is 52.6 Å². The van der Waals surface area contributed by atoms with Crippen LogP contribution in [-0.4, -0.2) is 134 Å². The van der Waals surface area contributed by atoms with Crippen LogP contribution in [0.4, 0.5) is 0 Å². The predicted molar refractivity (Wildman–Crippen MR) is 132 cm³/mol. The van der Waals surface area contributed by atoms with Crippen molar-refractivity contribution in [1.82, 2.24) is 19.6 Å². The van der Waals surface area contributed by atoms with Crippen LogP contribution < -0.4 is 116 Å². The van der Waals surface area contributed by atoms with E-state index in [2.05, 4.69) is 4.90 Å². The quantitative estimate of drug-likeness (QED) is 0.110. The molecule has 0 amide bonds. The Kier molecular flexibility index (Phi) is 32.9. The van der Waals surface area contributed by atoms with Gasteiger partial charge in [-0.05, 0) is 47.1 Å². The van der Waals surface area contributed by atoms with E-state index in [9.17, 15) is 29.4 Å². The number of halogens is 1.